The summed E-state index contributed by atoms with van der Waals surface area (Å²) in [5.41, 5.74) is 0. The molecule has 1 aromatic heterocycles. The topological polar surface area (TPSA) is 52.6 Å². The summed E-state index contributed by atoms with van der Waals surface area (Å²) in [6.07, 6.45) is 6.63. The second-order valence-electron chi connectivity index (χ2n) is 7.07. The van der Waals surface area contributed by atoms with Gasteiger partial charge in [-0.05, 0) is 52.5 Å². The van der Waals surface area contributed by atoms with E-state index in [9.17, 15) is 0 Å². The maximum atomic E-state index is 4.83. The first kappa shape index (κ1) is 20.2. The molecule has 0 radical (unpaired) electrons. The van der Waals surface area contributed by atoms with Crippen molar-refractivity contribution >= 4 is 17.3 Å². The summed E-state index contributed by atoms with van der Waals surface area (Å²) in [6, 6.07) is 0.643. The van der Waals surface area contributed by atoms with E-state index in [4.69, 9.17) is 4.99 Å². The normalized spacial score (nSPS) is 19.4. The first-order chi connectivity index (χ1) is 12.1. The molecular formula is C19H35N5S. The minimum absolute atomic E-state index is 0.643. The van der Waals surface area contributed by atoms with Crippen molar-refractivity contribution in [2.45, 2.75) is 59.4 Å². The van der Waals surface area contributed by atoms with Crippen molar-refractivity contribution in [2.75, 3.05) is 32.7 Å². The Labute approximate surface area is 157 Å². The van der Waals surface area contributed by atoms with E-state index in [2.05, 4.69) is 48.2 Å². The summed E-state index contributed by atoms with van der Waals surface area (Å²) in [4.78, 5) is 13.3. The van der Waals surface area contributed by atoms with E-state index in [1.165, 1.54) is 35.8 Å². The minimum atomic E-state index is 0.643. The molecule has 0 saturated carbocycles. The average Bonchev–Trinajstić information content (AvgIpc) is 3.08. The first-order valence-corrected chi connectivity index (χ1v) is 10.6. The highest BCUT2D eigenvalue weighted by molar-refractivity contribution is 7.11. The summed E-state index contributed by atoms with van der Waals surface area (Å²) in [5, 5.41) is 8.04. The lowest BCUT2D eigenvalue weighted by Gasteiger charge is -2.34. The highest BCUT2D eigenvalue weighted by Crippen LogP contribution is 2.18. The highest BCUT2D eigenvalue weighted by atomic mass is 32.1. The monoisotopic (exact) mass is 365 g/mol. The van der Waals surface area contributed by atoms with Crippen LogP contribution in [0.25, 0.3) is 0 Å². The number of hydrogen-bond acceptors (Lipinski definition) is 4. The van der Waals surface area contributed by atoms with Crippen molar-refractivity contribution in [2.24, 2.45) is 10.9 Å². The van der Waals surface area contributed by atoms with Crippen LogP contribution in [-0.4, -0.2) is 54.6 Å². The number of aryl methyl sites for hydroxylation is 1. The molecule has 2 N–H and O–H groups in total. The van der Waals surface area contributed by atoms with Gasteiger partial charge in [0.2, 0.25) is 0 Å². The van der Waals surface area contributed by atoms with E-state index >= 15 is 0 Å². The Morgan fingerprint density at radius 2 is 2.24 bits per heavy atom. The molecule has 2 heterocycles. The Hall–Kier alpha value is -1.14. The Morgan fingerprint density at radius 1 is 1.40 bits per heavy atom. The molecule has 1 atom stereocenters. The van der Waals surface area contributed by atoms with Gasteiger partial charge in [0.15, 0.2) is 5.96 Å². The molecule has 1 aliphatic rings. The van der Waals surface area contributed by atoms with Crippen molar-refractivity contribution in [1.29, 1.82) is 0 Å². The van der Waals surface area contributed by atoms with Crippen LogP contribution in [0.2, 0.25) is 0 Å². The lowest BCUT2D eigenvalue weighted by Crippen LogP contribution is -2.42. The van der Waals surface area contributed by atoms with Crippen LogP contribution in [-0.2, 0) is 12.8 Å². The quantitative estimate of drug-likeness (QED) is 0.549. The van der Waals surface area contributed by atoms with E-state index in [-0.39, 0.29) is 0 Å². The smallest absolute Gasteiger partial charge is 0.191 e. The predicted octanol–water partition coefficient (Wildman–Crippen LogP) is 2.92. The van der Waals surface area contributed by atoms with Crippen LogP contribution in [0.4, 0.5) is 0 Å². The van der Waals surface area contributed by atoms with Gasteiger partial charge in [0.05, 0.1) is 5.01 Å². The van der Waals surface area contributed by atoms with Gasteiger partial charge in [-0.15, -0.1) is 11.3 Å². The molecular weight excluding hydrogens is 330 g/mol. The standard InChI is InChI=1S/C19H35N5S/c1-5-17-13-22-18(25-17)9-10-21-19(20-6-2)23-12-16-8-7-11-24(14-16)15(3)4/h13,15-16H,5-12,14H2,1-4H3,(H2,20,21,23). The molecule has 142 valence electrons. The molecule has 1 fully saturated rings. The van der Waals surface area contributed by atoms with Gasteiger partial charge in [0.25, 0.3) is 0 Å². The summed E-state index contributed by atoms with van der Waals surface area (Å²) < 4.78 is 0. The maximum absolute atomic E-state index is 4.83. The van der Waals surface area contributed by atoms with Gasteiger partial charge in [-0.25, -0.2) is 4.98 Å². The molecule has 6 heteroatoms. The summed E-state index contributed by atoms with van der Waals surface area (Å²) in [6.45, 7) is 14.0. The third-order valence-electron chi connectivity index (χ3n) is 4.71. The van der Waals surface area contributed by atoms with Crippen molar-refractivity contribution in [3.05, 3.63) is 16.1 Å². The summed E-state index contributed by atoms with van der Waals surface area (Å²) in [7, 11) is 0. The fourth-order valence-electron chi connectivity index (χ4n) is 3.19. The van der Waals surface area contributed by atoms with Crippen LogP contribution in [0.15, 0.2) is 11.2 Å². The second kappa shape index (κ2) is 10.8. The average molecular weight is 366 g/mol. The maximum Gasteiger partial charge on any atom is 0.191 e. The molecule has 0 bridgehead atoms. The zero-order valence-electron chi connectivity index (χ0n) is 16.3. The second-order valence-corrected chi connectivity index (χ2v) is 8.27. The number of piperidine rings is 1. The molecule has 0 spiro atoms. The van der Waals surface area contributed by atoms with Gasteiger partial charge in [0.1, 0.15) is 0 Å². The summed E-state index contributed by atoms with van der Waals surface area (Å²) >= 11 is 1.82. The van der Waals surface area contributed by atoms with Crippen LogP contribution in [0.5, 0.6) is 0 Å². The van der Waals surface area contributed by atoms with Gasteiger partial charge < -0.3 is 15.5 Å². The zero-order chi connectivity index (χ0) is 18.1. The number of thiazole rings is 1. The number of guanidine groups is 1. The van der Waals surface area contributed by atoms with Crippen molar-refractivity contribution in [3.63, 3.8) is 0 Å². The van der Waals surface area contributed by atoms with Crippen LogP contribution in [0.1, 0.15) is 50.4 Å². The third kappa shape index (κ3) is 6.94. The molecule has 2 rings (SSSR count). The largest absolute Gasteiger partial charge is 0.357 e. The van der Waals surface area contributed by atoms with Gasteiger partial charge in [-0.1, -0.05) is 6.92 Å². The Morgan fingerprint density at radius 3 is 2.92 bits per heavy atom. The number of aliphatic imine (C=N–C) groups is 1. The fourth-order valence-corrected chi connectivity index (χ4v) is 4.05. The molecule has 1 aromatic rings. The van der Waals surface area contributed by atoms with E-state index < -0.39 is 0 Å². The van der Waals surface area contributed by atoms with Crippen LogP contribution in [0, 0.1) is 5.92 Å². The van der Waals surface area contributed by atoms with E-state index in [0.29, 0.717) is 12.0 Å². The van der Waals surface area contributed by atoms with Gasteiger partial charge >= 0.3 is 0 Å². The number of rotatable bonds is 8. The molecule has 5 nitrogen and oxygen atoms in total. The predicted molar refractivity (Wildman–Crippen MR) is 109 cm³/mol. The number of hydrogen-bond donors (Lipinski definition) is 2. The van der Waals surface area contributed by atoms with E-state index in [1.54, 1.807) is 0 Å². The van der Waals surface area contributed by atoms with Crippen molar-refractivity contribution < 1.29 is 0 Å². The van der Waals surface area contributed by atoms with E-state index in [1.807, 2.05) is 17.5 Å². The minimum Gasteiger partial charge on any atom is -0.357 e. The summed E-state index contributed by atoms with van der Waals surface area (Å²) in [5.74, 6) is 1.62. The van der Waals surface area contributed by atoms with Crippen LogP contribution in [0.3, 0.4) is 0 Å². The third-order valence-corrected chi connectivity index (χ3v) is 5.92. The highest BCUT2D eigenvalue weighted by Gasteiger charge is 2.21. The SMILES string of the molecule is CCNC(=NCC1CCCN(C(C)C)C1)NCCc1ncc(CC)s1. The zero-order valence-corrected chi connectivity index (χ0v) is 17.2. The fraction of sp³-hybridized carbons (Fsp3) is 0.789. The molecule has 25 heavy (non-hydrogen) atoms. The number of nitrogens with zero attached hydrogens (tertiary/aromatic N) is 3. The van der Waals surface area contributed by atoms with Crippen molar-refractivity contribution in [1.82, 2.24) is 20.5 Å². The van der Waals surface area contributed by atoms with Gasteiger partial charge in [-0.3, -0.25) is 4.99 Å². The molecule has 0 aliphatic carbocycles. The molecule has 1 aliphatic heterocycles. The Bertz CT molecular complexity index is 526. The number of nitrogens with one attached hydrogen (secondary N) is 2. The van der Waals surface area contributed by atoms with E-state index in [0.717, 1.165) is 38.4 Å². The Kier molecular flexibility index (Phi) is 8.68. The molecule has 1 unspecified atom stereocenters. The van der Waals surface area contributed by atoms with Crippen LogP contribution < -0.4 is 10.6 Å². The molecule has 1 saturated heterocycles. The molecule has 0 amide bonds. The number of aromatic nitrogens is 1. The lowest BCUT2D eigenvalue weighted by molar-refractivity contribution is 0.143. The van der Waals surface area contributed by atoms with Gasteiger partial charge in [-0.2, -0.15) is 0 Å². The van der Waals surface area contributed by atoms with Crippen molar-refractivity contribution in [3.8, 4) is 0 Å². The number of likely N-dealkylation sites (tertiary alicyclic amines) is 1. The van der Waals surface area contributed by atoms with Crippen LogP contribution >= 0.6 is 11.3 Å². The first-order valence-electron chi connectivity index (χ1n) is 9.82. The Balaban J connectivity index is 1.79. The molecule has 0 aromatic carbocycles. The van der Waals surface area contributed by atoms with Gasteiger partial charge in [0, 0.05) is 49.7 Å². The lowest BCUT2D eigenvalue weighted by atomic mass is 9.97.